The van der Waals surface area contributed by atoms with Gasteiger partial charge in [0.25, 0.3) is 11.8 Å². The van der Waals surface area contributed by atoms with Gasteiger partial charge in [-0.25, -0.2) is 0 Å². The molecule has 0 bridgehead atoms. The first-order valence-electron chi connectivity index (χ1n) is 11.0. The van der Waals surface area contributed by atoms with E-state index in [1.165, 1.54) is 16.9 Å². The number of amides is 2. The Hall–Kier alpha value is -2.34. The van der Waals surface area contributed by atoms with Crippen LogP contribution < -0.4 is 10.1 Å². The molecule has 0 radical (unpaired) electrons. The molecule has 2 amide bonds. The summed E-state index contributed by atoms with van der Waals surface area (Å²) < 4.78 is 5.44. The minimum absolute atomic E-state index is 0.0401. The second-order valence-corrected chi connectivity index (χ2v) is 9.54. The molecule has 5 nitrogen and oxygen atoms in total. The van der Waals surface area contributed by atoms with E-state index in [4.69, 9.17) is 4.74 Å². The standard InChI is InChI=1S/C24H30N2O3S/c1-3-29-20-7-5-17(6-8-20)24(28)26-12-10-19(11-13-26)25-23(27)22-15-18-14-16(2)4-9-21(18)30-22/h5-8,15-16,19H,3-4,9-14H2,1-2H3,(H,25,27). The van der Waals surface area contributed by atoms with E-state index in [-0.39, 0.29) is 17.9 Å². The quantitative estimate of drug-likeness (QED) is 0.775. The molecule has 1 aromatic carbocycles. The third-order valence-electron chi connectivity index (χ3n) is 6.08. The Kier molecular flexibility index (Phi) is 6.42. The van der Waals surface area contributed by atoms with Gasteiger partial charge in [-0.05, 0) is 80.8 Å². The molecular weight excluding hydrogens is 396 g/mol. The lowest BCUT2D eigenvalue weighted by Gasteiger charge is -2.32. The number of rotatable bonds is 5. The number of piperidine rings is 1. The zero-order chi connectivity index (χ0) is 21.1. The van der Waals surface area contributed by atoms with Gasteiger partial charge in [-0.2, -0.15) is 0 Å². The van der Waals surface area contributed by atoms with Crippen LogP contribution in [-0.2, 0) is 12.8 Å². The molecule has 1 aliphatic carbocycles. The fourth-order valence-electron chi connectivity index (χ4n) is 4.34. The summed E-state index contributed by atoms with van der Waals surface area (Å²) in [5.41, 5.74) is 2.04. The summed E-state index contributed by atoms with van der Waals surface area (Å²) in [7, 11) is 0. The van der Waals surface area contributed by atoms with Crippen LogP contribution >= 0.6 is 11.3 Å². The van der Waals surface area contributed by atoms with Gasteiger partial charge in [-0.15, -0.1) is 11.3 Å². The van der Waals surface area contributed by atoms with Gasteiger partial charge in [-0.3, -0.25) is 9.59 Å². The lowest BCUT2D eigenvalue weighted by atomic mass is 9.90. The zero-order valence-electron chi connectivity index (χ0n) is 17.8. The van der Waals surface area contributed by atoms with E-state index >= 15 is 0 Å². The van der Waals surface area contributed by atoms with Crippen LogP contribution in [0, 0.1) is 5.92 Å². The van der Waals surface area contributed by atoms with Gasteiger partial charge in [0, 0.05) is 29.6 Å². The Morgan fingerprint density at radius 2 is 1.90 bits per heavy atom. The van der Waals surface area contributed by atoms with Crippen LogP contribution in [0.4, 0.5) is 0 Å². The number of carbonyl (C=O) groups is 2. The summed E-state index contributed by atoms with van der Waals surface area (Å²) in [4.78, 5) is 29.6. The molecule has 2 aromatic rings. The average molecular weight is 427 g/mol. The Bertz CT molecular complexity index is 898. The number of likely N-dealkylation sites (tertiary alicyclic amines) is 1. The lowest BCUT2D eigenvalue weighted by molar-refractivity contribution is 0.0698. The predicted molar refractivity (Wildman–Crippen MR) is 120 cm³/mol. The maximum atomic E-state index is 12.8. The highest BCUT2D eigenvalue weighted by Gasteiger charge is 2.26. The van der Waals surface area contributed by atoms with Crippen molar-refractivity contribution < 1.29 is 14.3 Å². The molecule has 1 fully saturated rings. The van der Waals surface area contributed by atoms with Gasteiger partial charge in [-0.1, -0.05) is 6.92 Å². The number of carbonyl (C=O) groups excluding carboxylic acids is 2. The third-order valence-corrected chi connectivity index (χ3v) is 7.32. The van der Waals surface area contributed by atoms with Crippen LogP contribution in [0.3, 0.4) is 0 Å². The second kappa shape index (κ2) is 9.21. The Balaban J connectivity index is 1.29. The van der Waals surface area contributed by atoms with E-state index in [0.717, 1.165) is 36.3 Å². The molecule has 2 heterocycles. The minimum atomic E-state index is 0.0401. The first kappa shape index (κ1) is 20.9. The minimum Gasteiger partial charge on any atom is -0.494 e. The van der Waals surface area contributed by atoms with Crippen molar-refractivity contribution in [1.29, 1.82) is 0 Å². The van der Waals surface area contributed by atoms with Crippen LogP contribution in [0.5, 0.6) is 5.75 Å². The second-order valence-electron chi connectivity index (χ2n) is 8.40. The zero-order valence-corrected chi connectivity index (χ0v) is 18.6. The number of fused-ring (bicyclic) bond motifs is 1. The summed E-state index contributed by atoms with van der Waals surface area (Å²) >= 11 is 1.65. The van der Waals surface area contributed by atoms with E-state index in [2.05, 4.69) is 18.3 Å². The van der Waals surface area contributed by atoms with E-state index < -0.39 is 0 Å². The SMILES string of the molecule is CCOc1ccc(C(=O)N2CCC(NC(=O)c3cc4c(s3)CCC(C)C4)CC2)cc1. The molecule has 0 spiro atoms. The summed E-state index contributed by atoms with van der Waals surface area (Å²) in [6.45, 7) is 6.16. The van der Waals surface area contributed by atoms with Crippen molar-refractivity contribution in [3.05, 3.63) is 51.2 Å². The van der Waals surface area contributed by atoms with Crippen molar-refractivity contribution in [1.82, 2.24) is 10.2 Å². The first-order valence-corrected chi connectivity index (χ1v) is 11.8. The summed E-state index contributed by atoms with van der Waals surface area (Å²) in [5, 5.41) is 3.19. The number of thiophene rings is 1. The van der Waals surface area contributed by atoms with Gasteiger partial charge in [0.2, 0.25) is 0 Å². The highest BCUT2D eigenvalue weighted by Crippen LogP contribution is 2.32. The fraction of sp³-hybridized carbons (Fsp3) is 0.500. The monoisotopic (exact) mass is 426 g/mol. The summed E-state index contributed by atoms with van der Waals surface area (Å²) in [6, 6.07) is 9.53. The van der Waals surface area contributed by atoms with Crippen molar-refractivity contribution in [3.8, 4) is 5.75 Å². The van der Waals surface area contributed by atoms with Crippen LogP contribution in [0.25, 0.3) is 0 Å². The van der Waals surface area contributed by atoms with Crippen LogP contribution in [0.1, 0.15) is 63.6 Å². The number of hydrogen-bond donors (Lipinski definition) is 1. The number of ether oxygens (including phenoxy) is 1. The molecule has 4 rings (SSSR count). The molecule has 0 saturated carbocycles. The molecule has 1 saturated heterocycles. The van der Waals surface area contributed by atoms with Gasteiger partial charge < -0.3 is 15.0 Å². The third kappa shape index (κ3) is 4.69. The first-order chi connectivity index (χ1) is 14.5. The van der Waals surface area contributed by atoms with Crippen LogP contribution in [-0.4, -0.2) is 42.5 Å². The number of benzene rings is 1. The van der Waals surface area contributed by atoms with Crippen molar-refractivity contribution in [2.45, 2.75) is 52.0 Å². The van der Waals surface area contributed by atoms with E-state index in [1.54, 1.807) is 11.3 Å². The Morgan fingerprint density at radius 1 is 1.17 bits per heavy atom. The van der Waals surface area contributed by atoms with Gasteiger partial charge >= 0.3 is 0 Å². The van der Waals surface area contributed by atoms with Gasteiger partial charge in [0.05, 0.1) is 11.5 Å². The molecule has 30 heavy (non-hydrogen) atoms. The molecule has 2 aliphatic rings. The number of nitrogens with zero attached hydrogens (tertiary/aromatic N) is 1. The fourth-order valence-corrected chi connectivity index (χ4v) is 5.46. The van der Waals surface area contributed by atoms with Crippen LogP contribution in [0.2, 0.25) is 0 Å². The van der Waals surface area contributed by atoms with Crippen molar-refractivity contribution in [2.24, 2.45) is 5.92 Å². The molecule has 1 atom stereocenters. The molecule has 1 N–H and O–H groups in total. The average Bonchev–Trinajstić information content (AvgIpc) is 3.18. The van der Waals surface area contributed by atoms with Gasteiger partial charge in [0.1, 0.15) is 5.75 Å². The predicted octanol–water partition coefficient (Wildman–Crippen LogP) is 4.31. The smallest absolute Gasteiger partial charge is 0.261 e. The molecule has 6 heteroatoms. The normalized spacial score (nSPS) is 19.3. The lowest BCUT2D eigenvalue weighted by Crippen LogP contribution is -2.46. The van der Waals surface area contributed by atoms with Gasteiger partial charge in [0.15, 0.2) is 0 Å². The summed E-state index contributed by atoms with van der Waals surface area (Å²) in [5.74, 6) is 1.57. The topological polar surface area (TPSA) is 58.6 Å². The Labute approximate surface area is 182 Å². The van der Waals surface area contributed by atoms with E-state index in [9.17, 15) is 9.59 Å². The van der Waals surface area contributed by atoms with E-state index in [0.29, 0.717) is 31.2 Å². The number of aryl methyl sites for hydroxylation is 1. The molecule has 160 valence electrons. The van der Waals surface area contributed by atoms with Crippen molar-refractivity contribution >= 4 is 23.2 Å². The van der Waals surface area contributed by atoms with Crippen molar-refractivity contribution in [2.75, 3.05) is 19.7 Å². The van der Waals surface area contributed by atoms with E-state index in [1.807, 2.05) is 36.1 Å². The largest absolute Gasteiger partial charge is 0.494 e. The maximum Gasteiger partial charge on any atom is 0.261 e. The Morgan fingerprint density at radius 3 is 2.60 bits per heavy atom. The molecule has 1 unspecified atom stereocenters. The number of hydrogen-bond acceptors (Lipinski definition) is 4. The van der Waals surface area contributed by atoms with Crippen LogP contribution in [0.15, 0.2) is 30.3 Å². The van der Waals surface area contributed by atoms with Crippen molar-refractivity contribution in [3.63, 3.8) is 0 Å². The maximum absolute atomic E-state index is 12.8. The number of nitrogens with one attached hydrogen (secondary N) is 1. The molecule has 1 aliphatic heterocycles. The molecular formula is C24H30N2O3S. The highest BCUT2D eigenvalue weighted by atomic mass is 32.1. The molecule has 1 aromatic heterocycles. The summed E-state index contributed by atoms with van der Waals surface area (Å²) in [6.07, 6.45) is 4.98. The highest BCUT2D eigenvalue weighted by molar-refractivity contribution is 7.14.